The molecule has 7 heteroatoms. The molecule has 0 radical (unpaired) electrons. The van der Waals surface area contributed by atoms with Crippen molar-refractivity contribution in [1.82, 2.24) is 15.5 Å². The van der Waals surface area contributed by atoms with Gasteiger partial charge in [-0.05, 0) is 56.0 Å². The van der Waals surface area contributed by atoms with E-state index in [1.165, 1.54) is 11.1 Å². The SMILES string of the molecule is CCC(=O)CN[C@@H]1CCc2c(-c3noc(-c4ccc(OC(C)C)c(C#N)c4)n3)cccc21. The Kier molecular flexibility index (Phi) is 6.33. The number of nitrogens with one attached hydrogen (secondary N) is 1. The summed E-state index contributed by atoms with van der Waals surface area (Å²) in [7, 11) is 0. The van der Waals surface area contributed by atoms with E-state index < -0.39 is 0 Å². The third-order valence-corrected chi connectivity index (χ3v) is 5.59. The molecule has 7 nitrogen and oxygen atoms in total. The number of hydrogen-bond donors (Lipinski definition) is 1. The van der Waals surface area contributed by atoms with Crippen molar-refractivity contribution >= 4 is 5.78 Å². The number of Topliss-reactive ketones (excluding diaryl/α,β-unsaturated/α-hetero) is 1. The van der Waals surface area contributed by atoms with Gasteiger partial charge in [-0.3, -0.25) is 4.79 Å². The van der Waals surface area contributed by atoms with Gasteiger partial charge < -0.3 is 14.6 Å². The standard InChI is InChI=1S/C25H26N4O3/c1-4-18(30)14-27-22-10-9-19-20(22)6-5-7-21(19)24-28-25(32-29-24)16-8-11-23(31-15(2)3)17(12-16)13-26/h5-8,11-12,15,22,27H,4,9-10,14H2,1-3H3/t22-/m1/s1. The van der Waals surface area contributed by atoms with Crippen LogP contribution in [0, 0.1) is 11.3 Å². The minimum Gasteiger partial charge on any atom is -0.490 e. The highest BCUT2D eigenvalue weighted by Gasteiger charge is 2.26. The third kappa shape index (κ3) is 4.41. The lowest BCUT2D eigenvalue weighted by Crippen LogP contribution is -2.25. The summed E-state index contributed by atoms with van der Waals surface area (Å²) in [5.74, 6) is 1.61. The molecule has 4 rings (SSSR count). The maximum Gasteiger partial charge on any atom is 0.258 e. The van der Waals surface area contributed by atoms with Crippen molar-refractivity contribution in [2.75, 3.05) is 6.54 Å². The minimum absolute atomic E-state index is 0.0264. The Labute approximate surface area is 187 Å². The van der Waals surface area contributed by atoms with Gasteiger partial charge in [-0.2, -0.15) is 10.2 Å². The molecule has 0 spiro atoms. The summed E-state index contributed by atoms with van der Waals surface area (Å²) in [5, 5.41) is 17.1. The average molecular weight is 431 g/mol. The van der Waals surface area contributed by atoms with E-state index in [0.29, 0.717) is 41.6 Å². The molecule has 1 heterocycles. The molecule has 0 unspecified atom stereocenters. The van der Waals surface area contributed by atoms with Gasteiger partial charge in [0.25, 0.3) is 5.89 Å². The van der Waals surface area contributed by atoms with Crippen molar-refractivity contribution < 1.29 is 14.1 Å². The van der Waals surface area contributed by atoms with Crippen LogP contribution in [0.15, 0.2) is 40.9 Å². The van der Waals surface area contributed by atoms with Crippen molar-refractivity contribution in [2.24, 2.45) is 0 Å². The number of ketones is 1. The van der Waals surface area contributed by atoms with Crippen molar-refractivity contribution in [3.05, 3.63) is 53.1 Å². The van der Waals surface area contributed by atoms with Crippen LogP contribution >= 0.6 is 0 Å². The topological polar surface area (TPSA) is 101 Å². The van der Waals surface area contributed by atoms with Crippen LogP contribution in [-0.2, 0) is 11.2 Å². The van der Waals surface area contributed by atoms with Crippen LogP contribution in [-0.4, -0.2) is 28.6 Å². The predicted octanol–water partition coefficient (Wildman–Crippen LogP) is 4.62. The van der Waals surface area contributed by atoms with Gasteiger partial charge in [-0.15, -0.1) is 0 Å². The van der Waals surface area contributed by atoms with E-state index in [0.717, 1.165) is 18.4 Å². The molecule has 1 aliphatic carbocycles. The number of ether oxygens (including phenoxy) is 1. The second-order valence-corrected chi connectivity index (χ2v) is 8.15. The van der Waals surface area contributed by atoms with E-state index in [1.807, 2.05) is 39.0 Å². The summed E-state index contributed by atoms with van der Waals surface area (Å²) in [6.45, 7) is 6.09. The Morgan fingerprint density at radius 3 is 2.94 bits per heavy atom. The first-order valence-corrected chi connectivity index (χ1v) is 10.9. The van der Waals surface area contributed by atoms with Gasteiger partial charge in [0, 0.05) is 23.6 Å². The van der Waals surface area contributed by atoms with Crippen LogP contribution in [0.25, 0.3) is 22.8 Å². The molecule has 1 aromatic heterocycles. The monoisotopic (exact) mass is 430 g/mol. The molecule has 164 valence electrons. The number of hydrogen-bond acceptors (Lipinski definition) is 7. The molecule has 2 aromatic carbocycles. The number of benzene rings is 2. The molecule has 32 heavy (non-hydrogen) atoms. The largest absolute Gasteiger partial charge is 0.490 e. The summed E-state index contributed by atoms with van der Waals surface area (Å²) in [4.78, 5) is 16.3. The number of carbonyl (C=O) groups excluding carboxylic acids is 1. The molecular formula is C25H26N4O3. The first-order valence-electron chi connectivity index (χ1n) is 10.9. The Balaban J connectivity index is 1.60. The Morgan fingerprint density at radius 2 is 2.19 bits per heavy atom. The first-order chi connectivity index (χ1) is 15.5. The fraction of sp³-hybridized carbons (Fsp3) is 0.360. The number of fused-ring (bicyclic) bond motifs is 1. The van der Waals surface area contributed by atoms with Crippen LogP contribution in [0.1, 0.15) is 56.3 Å². The number of rotatable bonds is 8. The van der Waals surface area contributed by atoms with Crippen molar-refractivity contribution in [1.29, 1.82) is 5.26 Å². The van der Waals surface area contributed by atoms with Crippen LogP contribution < -0.4 is 10.1 Å². The van der Waals surface area contributed by atoms with Crippen LogP contribution in [0.3, 0.4) is 0 Å². The van der Waals surface area contributed by atoms with E-state index in [2.05, 4.69) is 27.6 Å². The van der Waals surface area contributed by atoms with Crippen molar-refractivity contribution in [3.8, 4) is 34.7 Å². The molecule has 1 atom stereocenters. The molecule has 3 aromatic rings. The normalized spacial score (nSPS) is 14.9. The third-order valence-electron chi connectivity index (χ3n) is 5.59. The van der Waals surface area contributed by atoms with E-state index in [-0.39, 0.29) is 17.9 Å². The second-order valence-electron chi connectivity index (χ2n) is 8.15. The highest BCUT2D eigenvalue weighted by atomic mass is 16.5. The Morgan fingerprint density at radius 1 is 1.34 bits per heavy atom. The molecule has 0 amide bonds. The lowest BCUT2D eigenvalue weighted by atomic mass is 10.0. The summed E-state index contributed by atoms with van der Waals surface area (Å²) < 4.78 is 11.2. The van der Waals surface area contributed by atoms with Crippen LogP contribution in [0.5, 0.6) is 5.75 Å². The molecule has 1 N–H and O–H groups in total. The van der Waals surface area contributed by atoms with Crippen LogP contribution in [0.2, 0.25) is 0 Å². The average Bonchev–Trinajstić information content (AvgIpc) is 3.44. The smallest absolute Gasteiger partial charge is 0.258 e. The zero-order valence-corrected chi connectivity index (χ0v) is 18.5. The summed E-state index contributed by atoms with van der Waals surface area (Å²) in [5.41, 5.74) is 4.39. The summed E-state index contributed by atoms with van der Waals surface area (Å²) in [6, 6.07) is 13.7. The molecule has 1 aliphatic rings. The Hall–Kier alpha value is -3.50. The fourth-order valence-electron chi connectivity index (χ4n) is 4.00. The molecular weight excluding hydrogens is 404 g/mol. The first kappa shape index (κ1) is 21.7. The zero-order chi connectivity index (χ0) is 22.7. The van der Waals surface area contributed by atoms with E-state index in [4.69, 9.17) is 9.26 Å². The summed E-state index contributed by atoms with van der Waals surface area (Å²) >= 11 is 0. The number of nitriles is 1. The number of carbonyl (C=O) groups is 1. The van der Waals surface area contributed by atoms with Crippen molar-refractivity contribution in [3.63, 3.8) is 0 Å². The van der Waals surface area contributed by atoms with Gasteiger partial charge in [-0.25, -0.2) is 0 Å². The number of aromatic nitrogens is 2. The maximum absolute atomic E-state index is 11.7. The van der Waals surface area contributed by atoms with Gasteiger partial charge in [0.05, 0.1) is 18.2 Å². The quantitative estimate of drug-likeness (QED) is 0.556. The lowest BCUT2D eigenvalue weighted by Gasteiger charge is -2.13. The lowest BCUT2D eigenvalue weighted by molar-refractivity contribution is -0.118. The Bertz CT molecular complexity index is 1180. The highest BCUT2D eigenvalue weighted by Crippen LogP contribution is 2.37. The van der Waals surface area contributed by atoms with Crippen LogP contribution in [0.4, 0.5) is 0 Å². The molecule has 0 aliphatic heterocycles. The van der Waals surface area contributed by atoms with E-state index >= 15 is 0 Å². The minimum atomic E-state index is -0.0264. The fourth-order valence-corrected chi connectivity index (χ4v) is 4.00. The van der Waals surface area contributed by atoms with Gasteiger partial charge in [0.15, 0.2) is 0 Å². The predicted molar refractivity (Wildman–Crippen MR) is 120 cm³/mol. The van der Waals surface area contributed by atoms with E-state index in [1.54, 1.807) is 12.1 Å². The van der Waals surface area contributed by atoms with E-state index in [9.17, 15) is 10.1 Å². The molecule has 0 bridgehead atoms. The number of nitrogens with zero attached hydrogens (tertiary/aromatic N) is 3. The van der Waals surface area contributed by atoms with Gasteiger partial charge in [0.2, 0.25) is 5.82 Å². The second kappa shape index (κ2) is 9.33. The van der Waals surface area contributed by atoms with Gasteiger partial charge in [0.1, 0.15) is 17.6 Å². The zero-order valence-electron chi connectivity index (χ0n) is 18.5. The highest BCUT2D eigenvalue weighted by molar-refractivity contribution is 5.80. The summed E-state index contributed by atoms with van der Waals surface area (Å²) in [6.07, 6.45) is 2.32. The van der Waals surface area contributed by atoms with Gasteiger partial charge in [-0.1, -0.05) is 30.3 Å². The molecule has 0 fully saturated rings. The maximum atomic E-state index is 11.7. The van der Waals surface area contributed by atoms with Gasteiger partial charge >= 0.3 is 0 Å². The molecule has 0 saturated heterocycles. The van der Waals surface area contributed by atoms with Crippen molar-refractivity contribution in [2.45, 2.75) is 52.2 Å². The molecule has 0 saturated carbocycles.